The molecule has 14 heavy (non-hydrogen) atoms. The molecule has 3 N–H and O–H groups in total. The van der Waals surface area contributed by atoms with Gasteiger partial charge in [-0.3, -0.25) is 0 Å². The fourth-order valence-corrected chi connectivity index (χ4v) is 1.73. The van der Waals surface area contributed by atoms with Crippen LogP contribution in [0.5, 0.6) is 0 Å². The first kappa shape index (κ1) is 11.2. The van der Waals surface area contributed by atoms with Crippen molar-refractivity contribution in [3.63, 3.8) is 0 Å². The number of carboxylic acid groups (broad SMARTS) is 1. The molecule has 0 aliphatic heterocycles. The van der Waals surface area contributed by atoms with Crippen LogP contribution in [0.1, 0.15) is 22.2 Å². The molecular formula is C9H13NO3S. The van der Waals surface area contributed by atoms with Crippen LogP contribution in [0.4, 0.5) is 0 Å². The van der Waals surface area contributed by atoms with Crippen molar-refractivity contribution in [3.05, 3.63) is 21.9 Å². The van der Waals surface area contributed by atoms with Crippen molar-refractivity contribution in [2.45, 2.75) is 19.5 Å². The largest absolute Gasteiger partial charge is 0.478 e. The Labute approximate surface area is 86.2 Å². The summed E-state index contributed by atoms with van der Waals surface area (Å²) in [6, 6.07) is 1.68. The van der Waals surface area contributed by atoms with E-state index in [1.165, 1.54) is 11.3 Å². The van der Waals surface area contributed by atoms with E-state index in [2.05, 4.69) is 5.32 Å². The Hall–Kier alpha value is -0.910. The van der Waals surface area contributed by atoms with Crippen LogP contribution in [0.15, 0.2) is 11.4 Å². The number of hydrogen-bond acceptors (Lipinski definition) is 4. The number of aliphatic hydroxyl groups is 1. The topological polar surface area (TPSA) is 69.6 Å². The zero-order chi connectivity index (χ0) is 10.6. The molecule has 78 valence electrons. The van der Waals surface area contributed by atoms with Crippen molar-refractivity contribution >= 4 is 17.3 Å². The fraction of sp³-hybridized carbons (Fsp3) is 0.444. The van der Waals surface area contributed by atoms with E-state index >= 15 is 0 Å². The Morgan fingerprint density at radius 1 is 1.71 bits per heavy atom. The summed E-state index contributed by atoms with van der Waals surface area (Å²) in [4.78, 5) is 11.5. The van der Waals surface area contributed by atoms with Crippen LogP contribution in [0, 0.1) is 0 Å². The summed E-state index contributed by atoms with van der Waals surface area (Å²) in [5.74, 6) is -0.900. The monoisotopic (exact) mass is 215 g/mol. The van der Waals surface area contributed by atoms with Gasteiger partial charge in [0.2, 0.25) is 0 Å². The van der Waals surface area contributed by atoms with E-state index in [0.717, 1.165) is 4.88 Å². The highest BCUT2D eigenvalue weighted by atomic mass is 32.1. The summed E-state index contributed by atoms with van der Waals surface area (Å²) in [7, 11) is 0. The molecule has 0 saturated carbocycles. The van der Waals surface area contributed by atoms with E-state index < -0.39 is 5.97 Å². The highest BCUT2D eigenvalue weighted by molar-refractivity contribution is 7.10. The second-order valence-electron chi connectivity index (χ2n) is 3.07. The molecule has 1 rings (SSSR count). The van der Waals surface area contributed by atoms with Gasteiger partial charge in [0, 0.05) is 22.8 Å². The molecule has 1 unspecified atom stereocenters. The third-order valence-electron chi connectivity index (χ3n) is 1.80. The molecule has 1 atom stereocenters. The van der Waals surface area contributed by atoms with Crippen LogP contribution in [0.25, 0.3) is 0 Å². The highest BCUT2D eigenvalue weighted by Gasteiger charge is 2.06. The summed E-state index contributed by atoms with van der Waals surface area (Å²) < 4.78 is 0. The van der Waals surface area contributed by atoms with Gasteiger partial charge in [-0.2, -0.15) is 0 Å². The van der Waals surface area contributed by atoms with Crippen molar-refractivity contribution in [1.29, 1.82) is 0 Å². The molecule has 0 bridgehead atoms. The quantitative estimate of drug-likeness (QED) is 0.683. The van der Waals surface area contributed by atoms with E-state index in [1.54, 1.807) is 11.4 Å². The first-order chi connectivity index (χ1) is 6.63. The lowest BCUT2D eigenvalue weighted by molar-refractivity contribution is 0.0697. The van der Waals surface area contributed by atoms with Gasteiger partial charge in [-0.05, 0) is 13.0 Å². The van der Waals surface area contributed by atoms with E-state index in [-0.39, 0.29) is 12.6 Å². The van der Waals surface area contributed by atoms with Crippen LogP contribution in [0.2, 0.25) is 0 Å². The van der Waals surface area contributed by atoms with Gasteiger partial charge in [-0.25, -0.2) is 4.79 Å². The molecule has 1 heterocycles. The van der Waals surface area contributed by atoms with Gasteiger partial charge in [-0.1, -0.05) is 0 Å². The van der Waals surface area contributed by atoms with Crippen LogP contribution in [-0.4, -0.2) is 28.8 Å². The van der Waals surface area contributed by atoms with Crippen molar-refractivity contribution in [2.75, 3.05) is 6.61 Å². The summed E-state index contributed by atoms with van der Waals surface area (Å²) >= 11 is 1.41. The minimum atomic E-state index is -0.900. The van der Waals surface area contributed by atoms with Gasteiger partial charge in [0.15, 0.2) is 0 Å². The molecule has 4 nitrogen and oxygen atoms in total. The number of aliphatic hydroxyl groups excluding tert-OH is 1. The molecule has 1 aromatic heterocycles. The van der Waals surface area contributed by atoms with Crippen LogP contribution >= 0.6 is 11.3 Å². The minimum Gasteiger partial charge on any atom is -0.478 e. The number of nitrogens with one attached hydrogen (secondary N) is 1. The molecule has 5 heteroatoms. The summed E-state index contributed by atoms with van der Waals surface area (Å²) in [5, 5.41) is 22.1. The molecule has 0 aromatic carbocycles. The molecule has 1 aromatic rings. The summed E-state index contributed by atoms with van der Waals surface area (Å²) in [5.41, 5.74) is 0.323. The Morgan fingerprint density at radius 3 is 2.93 bits per heavy atom. The average Bonchev–Trinajstić information content (AvgIpc) is 2.62. The van der Waals surface area contributed by atoms with Crippen molar-refractivity contribution < 1.29 is 15.0 Å². The smallest absolute Gasteiger partial charge is 0.336 e. The Kier molecular flexibility index (Phi) is 4.06. The molecule has 0 aliphatic carbocycles. The van der Waals surface area contributed by atoms with Crippen LogP contribution < -0.4 is 5.32 Å². The van der Waals surface area contributed by atoms with E-state index in [4.69, 9.17) is 10.2 Å². The lowest BCUT2D eigenvalue weighted by Gasteiger charge is -2.08. The lowest BCUT2D eigenvalue weighted by atomic mass is 10.3. The van der Waals surface area contributed by atoms with Crippen molar-refractivity contribution in [3.8, 4) is 0 Å². The normalized spacial score (nSPS) is 12.7. The Balaban J connectivity index is 2.48. The van der Waals surface area contributed by atoms with Gasteiger partial charge in [0.25, 0.3) is 0 Å². The molecule has 0 radical (unpaired) electrons. The van der Waals surface area contributed by atoms with Gasteiger partial charge < -0.3 is 15.5 Å². The van der Waals surface area contributed by atoms with E-state index in [1.807, 2.05) is 6.92 Å². The number of aromatic carboxylic acids is 1. The Bertz CT molecular complexity index is 311. The van der Waals surface area contributed by atoms with Gasteiger partial charge >= 0.3 is 5.97 Å². The second kappa shape index (κ2) is 5.09. The maximum atomic E-state index is 10.6. The van der Waals surface area contributed by atoms with Crippen molar-refractivity contribution in [2.24, 2.45) is 0 Å². The van der Waals surface area contributed by atoms with Crippen LogP contribution in [-0.2, 0) is 6.54 Å². The summed E-state index contributed by atoms with van der Waals surface area (Å²) in [6.07, 6.45) is 0. The standard InChI is InChI=1S/C9H13NO3S/c1-6(4-11)10-3-8-2-7(5-14-8)9(12)13/h2,5-6,10-11H,3-4H2,1H3,(H,12,13). The minimum absolute atomic E-state index is 0.0328. The first-order valence-corrected chi connectivity index (χ1v) is 5.16. The Morgan fingerprint density at radius 2 is 2.43 bits per heavy atom. The zero-order valence-corrected chi connectivity index (χ0v) is 8.67. The van der Waals surface area contributed by atoms with Crippen molar-refractivity contribution in [1.82, 2.24) is 5.32 Å². The maximum absolute atomic E-state index is 10.6. The third-order valence-corrected chi connectivity index (χ3v) is 2.74. The lowest BCUT2D eigenvalue weighted by Crippen LogP contribution is -2.28. The predicted molar refractivity (Wildman–Crippen MR) is 54.7 cm³/mol. The molecule has 0 saturated heterocycles. The average molecular weight is 215 g/mol. The van der Waals surface area contributed by atoms with E-state index in [0.29, 0.717) is 12.1 Å². The maximum Gasteiger partial charge on any atom is 0.336 e. The molecule has 0 aliphatic rings. The molecular weight excluding hydrogens is 202 g/mol. The van der Waals surface area contributed by atoms with E-state index in [9.17, 15) is 4.79 Å². The number of carboxylic acids is 1. The number of thiophene rings is 1. The highest BCUT2D eigenvalue weighted by Crippen LogP contribution is 2.14. The number of rotatable bonds is 5. The summed E-state index contributed by atoms with van der Waals surface area (Å²) in [6.45, 7) is 2.54. The zero-order valence-electron chi connectivity index (χ0n) is 7.86. The number of hydrogen-bond donors (Lipinski definition) is 3. The van der Waals surface area contributed by atoms with Gasteiger partial charge in [0.05, 0.1) is 12.2 Å². The first-order valence-electron chi connectivity index (χ1n) is 4.28. The predicted octanol–water partition coefficient (Wildman–Crippen LogP) is 0.917. The number of carbonyl (C=O) groups is 1. The third kappa shape index (κ3) is 3.10. The molecule has 0 fully saturated rings. The van der Waals surface area contributed by atoms with Gasteiger partial charge in [0.1, 0.15) is 0 Å². The second-order valence-corrected chi connectivity index (χ2v) is 4.07. The SMILES string of the molecule is CC(CO)NCc1cc(C(=O)O)cs1. The fourth-order valence-electron chi connectivity index (χ4n) is 0.925. The van der Waals surface area contributed by atoms with Gasteiger partial charge in [-0.15, -0.1) is 11.3 Å². The molecule has 0 spiro atoms. The molecule has 0 amide bonds. The van der Waals surface area contributed by atoms with Crippen LogP contribution in [0.3, 0.4) is 0 Å².